The van der Waals surface area contributed by atoms with Crippen molar-refractivity contribution in [2.45, 2.75) is 5.41 Å². The Hall–Kier alpha value is -7.74. The fourth-order valence-corrected chi connectivity index (χ4v) is 10.3. The Morgan fingerprint density at radius 1 is 0.250 bits per heavy atom. The second-order valence-corrected chi connectivity index (χ2v) is 16.0. The van der Waals surface area contributed by atoms with E-state index in [0.717, 1.165) is 17.1 Å². The third-order valence-electron chi connectivity index (χ3n) is 12.9. The lowest BCUT2D eigenvalue weighted by Crippen LogP contribution is -2.26. The van der Waals surface area contributed by atoms with Crippen molar-refractivity contribution in [1.29, 1.82) is 0 Å². The first-order valence-corrected chi connectivity index (χ1v) is 20.8. The first kappa shape index (κ1) is 34.3. The zero-order chi connectivity index (χ0) is 39.6. The van der Waals surface area contributed by atoms with Gasteiger partial charge in [0.25, 0.3) is 0 Å². The van der Waals surface area contributed by atoms with Crippen LogP contribution in [-0.4, -0.2) is 0 Å². The molecule has 1 nitrogen and oxygen atoms in total. The summed E-state index contributed by atoms with van der Waals surface area (Å²) < 4.78 is 0. The lowest BCUT2D eigenvalue weighted by molar-refractivity contribution is 0.794. The third kappa shape index (κ3) is 5.13. The highest BCUT2D eigenvalue weighted by Gasteiger charge is 2.52. The van der Waals surface area contributed by atoms with Gasteiger partial charge in [0.2, 0.25) is 0 Å². The SMILES string of the molecule is c1ccc(-c2ccc(N(c3ccc(-c4ccccc4)cc3)c3ccc4c(c3)C3(c5ccccc5-4)c4ccccc4-c4c3cc(-c3ccccc3)c3ccccc43)cc2)cc1. The topological polar surface area (TPSA) is 3.24 Å². The molecule has 10 aromatic rings. The molecule has 1 heteroatoms. The Morgan fingerprint density at radius 3 is 1.28 bits per heavy atom. The largest absolute Gasteiger partial charge is 0.310 e. The predicted molar refractivity (Wildman–Crippen MR) is 251 cm³/mol. The van der Waals surface area contributed by atoms with E-state index in [0.29, 0.717) is 0 Å². The van der Waals surface area contributed by atoms with Gasteiger partial charge in [-0.25, -0.2) is 0 Å². The second kappa shape index (κ2) is 13.7. The van der Waals surface area contributed by atoms with Gasteiger partial charge in [-0.3, -0.25) is 0 Å². The Bertz CT molecular complexity index is 3140. The van der Waals surface area contributed by atoms with Gasteiger partial charge in [0.05, 0.1) is 5.41 Å². The van der Waals surface area contributed by atoms with Crippen LogP contribution in [0, 0.1) is 0 Å². The molecular weight excluding hydrogens is 723 g/mol. The van der Waals surface area contributed by atoms with Crippen LogP contribution in [-0.2, 0) is 5.41 Å². The number of fused-ring (bicyclic) bond motifs is 12. The molecule has 1 atom stereocenters. The highest BCUT2D eigenvalue weighted by molar-refractivity contribution is 6.11. The molecule has 1 spiro atoms. The first-order valence-electron chi connectivity index (χ1n) is 20.8. The average Bonchev–Trinajstić information content (AvgIpc) is 3.80. The van der Waals surface area contributed by atoms with Gasteiger partial charge in [-0.15, -0.1) is 0 Å². The van der Waals surface area contributed by atoms with Crippen molar-refractivity contribution < 1.29 is 0 Å². The molecule has 0 amide bonds. The molecule has 10 aromatic carbocycles. The van der Waals surface area contributed by atoms with Gasteiger partial charge in [-0.05, 0) is 131 Å². The minimum atomic E-state index is -0.526. The molecule has 0 aromatic heterocycles. The maximum atomic E-state index is 2.52. The average molecular weight is 762 g/mol. The quantitative estimate of drug-likeness (QED) is 0.163. The van der Waals surface area contributed by atoms with Crippen LogP contribution < -0.4 is 4.90 Å². The molecule has 60 heavy (non-hydrogen) atoms. The van der Waals surface area contributed by atoms with Crippen molar-refractivity contribution in [3.8, 4) is 55.6 Å². The first-order chi connectivity index (χ1) is 29.8. The molecule has 2 aliphatic rings. The second-order valence-electron chi connectivity index (χ2n) is 16.0. The highest BCUT2D eigenvalue weighted by Crippen LogP contribution is 2.65. The summed E-state index contributed by atoms with van der Waals surface area (Å²) in [4.78, 5) is 2.43. The summed E-state index contributed by atoms with van der Waals surface area (Å²) in [5, 5.41) is 2.57. The van der Waals surface area contributed by atoms with Gasteiger partial charge in [-0.1, -0.05) is 194 Å². The molecular formula is C59H39N. The van der Waals surface area contributed by atoms with Crippen molar-refractivity contribution in [2.75, 3.05) is 4.90 Å². The molecule has 0 N–H and O–H groups in total. The molecule has 0 aliphatic heterocycles. The van der Waals surface area contributed by atoms with E-state index in [1.54, 1.807) is 0 Å². The van der Waals surface area contributed by atoms with Crippen molar-refractivity contribution in [3.05, 3.63) is 259 Å². The van der Waals surface area contributed by atoms with Crippen LogP contribution in [0.15, 0.2) is 237 Å². The van der Waals surface area contributed by atoms with Crippen LogP contribution in [0.3, 0.4) is 0 Å². The van der Waals surface area contributed by atoms with Crippen molar-refractivity contribution in [1.82, 2.24) is 0 Å². The van der Waals surface area contributed by atoms with E-state index in [-0.39, 0.29) is 0 Å². The summed E-state index contributed by atoms with van der Waals surface area (Å²) in [6.07, 6.45) is 0. The lowest BCUT2D eigenvalue weighted by atomic mass is 9.70. The zero-order valence-electron chi connectivity index (χ0n) is 33.0. The van der Waals surface area contributed by atoms with Gasteiger partial charge < -0.3 is 4.90 Å². The smallest absolute Gasteiger partial charge is 0.0726 e. The monoisotopic (exact) mass is 761 g/mol. The predicted octanol–water partition coefficient (Wildman–Crippen LogP) is 15.7. The van der Waals surface area contributed by atoms with Crippen LogP contribution >= 0.6 is 0 Å². The molecule has 0 bridgehead atoms. The number of hydrogen-bond acceptors (Lipinski definition) is 1. The van der Waals surface area contributed by atoms with Crippen LogP contribution in [0.25, 0.3) is 66.4 Å². The molecule has 2 aliphatic carbocycles. The van der Waals surface area contributed by atoms with Crippen molar-refractivity contribution >= 4 is 27.8 Å². The molecule has 0 saturated heterocycles. The van der Waals surface area contributed by atoms with Crippen molar-refractivity contribution in [2.24, 2.45) is 0 Å². The lowest BCUT2D eigenvalue weighted by Gasteiger charge is -2.32. The summed E-state index contributed by atoms with van der Waals surface area (Å²) in [6.45, 7) is 0. The van der Waals surface area contributed by atoms with E-state index < -0.39 is 5.41 Å². The Balaban J connectivity index is 1.11. The number of nitrogens with zero attached hydrogens (tertiary/aromatic N) is 1. The maximum absolute atomic E-state index is 2.52. The fourth-order valence-electron chi connectivity index (χ4n) is 10.3. The van der Waals surface area contributed by atoms with Gasteiger partial charge in [-0.2, -0.15) is 0 Å². The van der Waals surface area contributed by atoms with Crippen LogP contribution in [0.4, 0.5) is 17.1 Å². The number of anilines is 3. The Labute approximate surface area is 351 Å². The molecule has 1 unspecified atom stereocenters. The fraction of sp³-hybridized carbons (Fsp3) is 0.0169. The molecule has 0 fully saturated rings. The van der Waals surface area contributed by atoms with E-state index in [1.165, 1.54) is 88.7 Å². The molecule has 12 rings (SSSR count). The molecule has 280 valence electrons. The summed E-state index contributed by atoms with van der Waals surface area (Å²) in [5.41, 5.74) is 20.7. The molecule has 0 radical (unpaired) electrons. The summed E-state index contributed by atoms with van der Waals surface area (Å²) in [7, 11) is 0. The van der Waals surface area contributed by atoms with Gasteiger partial charge in [0.15, 0.2) is 0 Å². The van der Waals surface area contributed by atoms with Crippen LogP contribution in [0.1, 0.15) is 22.3 Å². The van der Waals surface area contributed by atoms with E-state index in [1.807, 2.05) is 0 Å². The maximum Gasteiger partial charge on any atom is 0.0726 e. The standard InChI is InChI=1S/C59H39N/c1-4-16-40(17-5-1)42-28-32-45(33-29-42)60(46-34-30-43(31-35-46)41-18-6-2-7-19-41)47-36-37-50-49-23-12-14-26-54(49)59(56(50)38-47)55-27-15-13-25-52(55)58-51-24-11-10-22-48(51)53(39-57(58)59)44-20-8-3-9-21-44/h1-39H. The number of hydrogen-bond donors (Lipinski definition) is 0. The van der Waals surface area contributed by atoms with E-state index in [9.17, 15) is 0 Å². The Kier molecular flexibility index (Phi) is 7.83. The van der Waals surface area contributed by atoms with Crippen molar-refractivity contribution in [3.63, 3.8) is 0 Å². The highest BCUT2D eigenvalue weighted by atomic mass is 15.1. The minimum Gasteiger partial charge on any atom is -0.310 e. The zero-order valence-corrected chi connectivity index (χ0v) is 33.0. The van der Waals surface area contributed by atoms with Crippen LogP contribution in [0.2, 0.25) is 0 Å². The Morgan fingerprint density at radius 2 is 0.683 bits per heavy atom. The number of rotatable bonds is 6. The number of benzene rings is 10. The molecule has 0 saturated carbocycles. The van der Waals surface area contributed by atoms with E-state index >= 15 is 0 Å². The van der Waals surface area contributed by atoms with E-state index in [2.05, 4.69) is 241 Å². The molecule has 0 heterocycles. The normalized spacial score (nSPS) is 14.4. The van der Waals surface area contributed by atoms with Gasteiger partial charge in [0.1, 0.15) is 0 Å². The summed E-state index contributed by atoms with van der Waals surface area (Å²) >= 11 is 0. The minimum absolute atomic E-state index is 0.526. The summed E-state index contributed by atoms with van der Waals surface area (Å²) in [5.74, 6) is 0. The van der Waals surface area contributed by atoms with Gasteiger partial charge in [0, 0.05) is 17.1 Å². The summed E-state index contributed by atoms with van der Waals surface area (Å²) in [6, 6.07) is 87.3. The van der Waals surface area contributed by atoms with Crippen LogP contribution in [0.5, 0.6) is 0 Å². The van der Waals surface area contributed by atoms with Gasteiger partial charge >= 0.3 is 0 Å². The third-order valence-corrected chi connectivity index (χ3v) is 12.9. The van der Waals surface area contributed by atoms with E-state index in [4.69, 9.17) is 0 Å².